The molecule has 0 aliphatic carbocycles. The molecule has 1 heterocycles. The first-order valence-electron chi connectivity index (χ1n) is 7.93. The molecule has 0 bridgehead atoms. The number of benzene rings is 3. The summed E-state index contributed by atoms with van der Waals surface area (Å²) in [5.41, 5.74) is 8.47. The second-order valence-electron chi connectivity index (χ2n) is 5.86. The zero-order valence-corrected chi connectivity index (χ0v) is 13.7. The maximum Gasteiger partial charge on any atom is 0.249 e. The van der Waals surface area contributed by atoms with Gasteiger partial charge in [-0.2, -0.15) is 0 Å². The molecule has 4 nitrogen and oxygen atoms in total. The zero-order valence-electron chi connectivity index (χ0n) is 13.7. The molecular formula is C21H16N2O2. The highest BCUT2D eigenvalue weighted by molar-refractivity contribution is 6.06. The fourth-order valence-electron chi connectivity index (χ4n) is 3.04. The van der Waals surface area contributed by atoms with Crippen LogP contribution in [-0.4, -0.2) is 18.0 Å². The Morgan fingerprint density at radius 3 is 2.52 bits per heavy atom. The molecule has 0 saturated heterocycles. The van der Waals surface area contributed by atoms with Crippen LogP contribution in [-0.2, 0) is 0 Å². The summed E-state index contributed by atoms with van der Waals surface area (Å²) in [6.07, 6.45) is 0. The molecule has 0 spiro atoms. The van der Waals surface area contributed by atoms with Crippen molar-refractivity contribution in [3.8, 4) is 17.0 Å². The van der Waals surface area contributed by atoms with Gasteiger partial charge in [-0.25, -0.2) is 4.98 Å². The lowest BCUT2D eigenvalue weighted by molar-refractivity contribution is 0.100. The molecule has 0 unspecified atom stereocenters. The van der Waals surface area contributed by atoms with E-state index in [1.807, 2.05) is 54.6 Å². The van der Waals surface area contributed by atoms with Gasteiger partial charge in [0.05, 0.1) is 23.9 Å². The van der Waals surface area contributed by atoms with Gasteiger partial charge in [0, 0.05) is 10.9 Å². The summed E-state index contributed by atoms with van der Waals surface area (Å²) in [5, 5.41) is 2.93. The molecule has 2 N–H and O–H groups in total. The number of rotatable bonds is 3. The van der Waals surface area contributed by atoms with Gasteiger partial charge in [0.25, 0.3) is 0 Å². The van der Waals surface area contributed by atoms with E-state index in [2.05, 4.69) is 6.07 Å². The van der Waals surface area contributed by atoms with Crippen LogP contribution in [0.1, 0.15) is 10.4 Å². The quantitative estimate of drug-likeness (QED) is 0.614. The Morgan fingerprint density at radius 2 is 1.72 bits per heavy atom. The van der Waals surface area contributed by atoms with Gasteiger partial charge in [-0.1, -0.05) is 36.4 Å². The van der Waals surface area contributed by atoms with Crippen LogP contribution in [0.5, 0.6) is 5.75 Å². The normalized spacial score (nSPS) is 10.9. The summed E-state index contributed by atoms with van der Waals surface area (Å²) in [5.74, 6) is 0.366. The van der Waals surface area contributed by atoms with E-state index in [9.17, 15) is 4.79 Å². The van der Waals surface area contributed by atoms with Gasteiger partial charge in [-0.3, -0.25) is 4.79 Å². The number of carbonyl (C=O) groups excluding carboxylic acids is 1. The Balaban J connectivity index is 1.91. The Morgan fingerprint density at radius 1 is 0.960 bits per heavy atom. The van der Waals surface area contributed by atoms with Crippen LogP contribution in [0.25, 0.3) is 32.9 Å². The molecule has 0 radical (unpaired) electrons. The Bertz CT molecular complexity index is 1120. The lowest BCUT2D eigenvalue weighted by Crippen LogP contribution is -2.12. The number of para-hydroxylation sites is 1. The summed E-state index contributed by atoms with van der Waals surface area (Å²) >= 11 is 0. The molecule has 4 rings (SSSR count). The first kappa shape index (κ1) is 15.1. The Labute approximate surface area is 144 Å². The molecule has 0 atom stereocenters. The van der Waals surface area contributed by atoms with Crippen molar-refractivity contribution in [3.63, 3.8) is 0 Å². The second kappa shape index (κ2) is 5.91. The molecule has 1 amide bonds. The van der Waals surface area contributed by atoms with E-state index in [0.717, 1.165) is 38.7 Å². The van der Waals surface area contributed by atoms with Gasteiger partial charge in [-0.15, -0.1) is 0 Å². The molecule has 122 valence electrons. The maximum absolute atomic E-state index is 11.9. The van der Waals surface area contributed by atoms with E-state index in [-0.39, 0.29) is 0 Å². The topological polar surface area (TPSA) is 65.2 Å². The van der Waals surface area contributed by atoms with E-state index >= 15 is 0 Å². The van der Waals surface area contributed by atoms with Gasteiger partial charge in [0.15, 0.2) is 0 Å². The predicted molar refractivity (Wildman–Crippen MR) is 99.8 cm³/mol. The third kappa shape index (κ3) is 2.68. The minimum Gasteiger partial charge on any atom is -0.497 e. The standard InChI is InChI=1S/C21H16N2O2/c1-25-16-9-8-13-10-15(7-6-14(13)11-16)20-12-18(21(22)24)17-4-2-3-5-19(17)23-20/h2-12H,1H3,(H2,22,24). The van der Waals surface area contributed by atoms with E-state index in [4.69, 9.17) is 15.5 Å². The fourth-order valence-corrected chi connectivity index (χ4v) is 3.04. The van der Waals surface area contributed by atoms with E-state index in [0.29, 0.717) is 5.56 Å². The number of amides is 1. The highest BCUT2D eigenvalue weighted by Crippen LogP contribution is 2.28. The molecular weight excluding hydrogens is 312 g/mol. The van der Waals surface area contributed by atoms with E-state index in [1.165, 1.54) is 0 Å². The minimum absolute atomic E-state index is 0.453. The van der Waals surface area contributed by atoms with Crippen LogP contribution >= 0.6 is 0 Å². The van der Waals surface area contributed by atoms with Crippen molar-refractivity contribution >= 4 is 27.6 Å². The second-order valence-corrected chi connectivity index (χ2v) is 5.86. The molecule has 0 saturated carbocycles. The molecule has 0 fully saturated rings. The summed E-state index contributed by atoms with van der Waals surface area (Å²) in [7, 11) is 1.65. The molecule has 1 aromatic heterocycles. The molecule has 3 aromatic carbocycles. The third-order valence-electron chi connectivity index (χ3n) is 4.32. The van der Waals surface area contributed by atoms with E-state index < -0.39 is 5.91 Å². The van der Waals surface area contributed by atoms with Crippen molar-refractivity contribution in [2.75, 3.05) is 7.11 Å². The zero-order chi connectivity index (χ0) is 17.4. The van der Waals surface area contributed by atoms with Crippen molar-refractivity contribution in [1.82, 2.24) is 4.98 Å². The van der Waals surface area contributed by atoms with Gasteiger partial charge in [0.1, 0.15) is 5.75 Å². The average Bonchev–Trinajstić information content (AvgIpc) is 2.66. The first-order chi connectivity index (χ1) is 12.2. The van der Waals surface area contributed by atoms with E-state index in [1.54, 1.807) is 13.2 Å². The fraction of sp³-hybridized carbons (Fsp3) is 0.0476. The lowest BCUT2D eigenvalue weighted by atomic mass is 10.0. The van der Waals surface area contributed by atoms with Crippen molar-refractivity contribution in [1.29, 1.82) is 0 Å². The van der Waals surface area contributed by atoms with Gasteiger partial charge >= 0.3 is 0 Å². The van der Waals surface area contributed by atoms with Crippen LogP contribution in [0, 0.1) is 0 Å². The van der Waals surface area contributed by atoms with Crippen molar-refractivity contribution in [2.45, 2.75) is 0 Å². The van der Waals surface area contributed by atoms with Crippen LogP contribution in [0.15, 0.2) is 66.7 Å². The number of fused-ring (bicyclic) bond motifs is 2. The van der Waals surface area contributed by atoms with Crippen molar-refractivity contribution in [2.24, 2.45) is 5.73 Å². The minimum atomic E-state index is -0.453. The summed E-state index contributed by atoms with van der Waals surface area (Å²) in [6.45, 7) is 0. The number of carbonyl (C=O) groups is 1. The SMILES string of the molecule is COc1ccc2cc(-c3cc(C(N)=O)c4ccccc4n3)ccc2c1. The van der Waals surface area contributed by atoms with Crippen LogP contribution in [0.3, 0.4) is 0 Å². The largest absolute Gasteiger partial charge is 0.497 e. The number of hydrogen-bond donors (Lipinski definition) is 1. The highest BCUT2D eigenvalue weighted by atomic mass is 16.5. The molecule has 25 heavy (non-hydrogen) atoms. The van der Waals surface area contributed by atoms with Crippen molar-refractivity contribution < 1.29 is 9.53 Å². The number of aromatic nitrogens is 1. The van der Waals surface area contributed by atoms with Gasteiger partial charge in [-0.05, 0) is 41.1 Å². The number of nitrogens with two attached hydrogens (primary N) is 1. The van der Waals surface area contributed by atoms with Crippen molar-refractivity contribution in [3.05, 3.63) is 72.3 Å². The predicted octanol–water partition coefficient (Wildman–Crippen LogP) is 4.16. The number of pyridine rings is 1. The van der Waals surface area contributed by atoms with Crippen LogP contribution in [0.2, 0.25) is 0 Å². The number of hydrogen-bond acceptors (Lipinski definition) is 3. The monoisotopic (exact) mass is 328 g/mol. The van der Waals surface area contributed by atoms with Gasteiger partial charge in [0.2, 0.25) is 5.91 Å². The van der Waals surface area contributed by atoms with Gasteiger partial charge < -0.3 is 10.5 Å². The summed E-state index contributed by atoms with van der Waals surface area (Å²) in [4.78, 5) is 16.6. The lowest BCUT2D eigenvalue weighted by Gasteiger charge is -2.09. The average molecular weight is 328 g/mol. The number of ether oxygens (including phenoxy) is 1. The number of methoxy groups -OCH3 is 1. The first-order valence-corrected chi connectivity index (χ1v) is 7.93. The Kier molecular flexibility index (Phi) is 3.58. The van der Waals surface area contributed by atoms with Crippen LogP contribution < -0.4 is 10.5 Å². The number of nitrogens with zero attached hydrogens (tertiary/aromatic N) is 1. The molecule has 4 heteroatoms. The molecule has 0 aliphatic rings. The van der Waals surface area contributed by atoms with Crippen LogP contribution in [0.4, 0.5) is 0 Å². The summed E-state index contributed by atoms with van der Waals surface area (Å²) < 4.78 is 5.26. The molecule has 4 aromatic rings. The summed E-state index contributed by atoms with van der Waals surface area (Å²) in [6, 6.07) is 21.3. The smallest absolute Gasteiger partial charge is 0.249 e. The molecule has 0 aliphatic heterocycles. The number of primary amides is 1. The highest BCUT2D eigenvalue weighted by Gasteiger charge is 2.11. The Hall–Kier alpha value is -3.40. The maximum atomic E-state index is 11.9. The third-order valence-corrected chi connectivity index (χ3v) is 4.32.